The van der Waals surface area contributed by atoms with E-state index in [9.17, 15) is 31.5 Å². The minimum Gasteiger partial charge on any atom is -0.488 e. The van der Waals surface area contributed by atoms with Crippen molar-refractivity contribution < 1.29 is 41.0 Å². The molecular formula is C41H39F5N2O4S. The van der Waals surface area contributed by atoms with Crippen molar-refractivity contribution in [3.8, 4) is 5.75 Å². The maximum absolute atomic E-state index is 14.9. The van der Waals surface area contributed by atoms with E-state index in [2.05, 4.69) is 0 Å². The Kier molecular flexibility index (Phi) is 14.6. The van der Waals surface area contributed by atoms with Crippen LogP contribution in [0.5, 0.6) is 5.75 Å². The normalized spacial score (nSPS) is 12.6. The Labute approximate surface area is 310 Å². The maximum Gasteiger partial charge on any atom is 0.342 e. The van der Waals surface area contributed by atoms with E-state index in [0.29, 0.717) is 13.0 Å². The molecule has 0 aliphatic rings. The lowest BCUT2D eigenvalue weighted by molar-refractivity contribution is -0.118. The van der Waals surface area contributed by atoms with Crippen LogP contribution in [0.25, 0.3) is 0 Å². The summed E-state index contributed by atoms with van der Waals surface area (Å²) in [5.41, 5.74) is 4.74. The zero-order valence-electron chi connectivity index (χ0n) is 29.9. The second kappa shape index (κ2) is 19.0. The molecule has 0 aliphatic heterocycles. The van der Waals surface area contributed by atoms with Crippen LogP contribution in [0.2, 0.25) is 0 Å². The van der Waals surface area contributed by atoms with Gasteiger partial charge >= 0.3 is 5.97 Å². The van der Waals surface area contributed by atoms with Crippen LogP contribution in [0.4, 0.5) is 27.6 Å². The predicted octanol–water partition coefficient (Wildman–Crippen LogP) is 10.7. The molecule has 0 unspecified atom stereocenters. The Morgan fingerprint density at radius 3 is 1.92 bits per heavy atom. The van der Waals surface area contributed by atoms with E-state index in [4.69, 9.17) is 9.47 Å². The molecule has 0 bridgehead atoms. The van der Waals surface area contributed by atoms with Crippen LogP contribution in [0, 0.1) is 20.8 Å². The fourth-order valence-electron chi connectivity index (χ4n) is 5.24. The van der Waals surface area contributed by atoms with Crippen molar-refractivity contribution in [2.24, 2.45) is 0 Å². The lowest BCUT2D eigenvalue weighted by atomic mass is 10.1. The van der Waals surface area contributed by atoms with E-state index < -0.39 is 47.6 Å². The molecule has 0 heterocycles. The summed E-state index contributed by atoms with van der Waals surface area (Å²) in [6.07, 6.45) is 0.529. The molecule has 0 aromatic heterocycles. The van der Waals surface area contributed by atoms with Crippen molar-refractivity contribution in [1.82, 2.24) is 4.31 Å². The van der Waals surface area contributed by atoms with Gasteiger partial charge < -0.3 is 14.4 Å². The molecular weight excluding hydrogens is 712 g/mol. The molecule has 0 saturated carbocycles. The maximum atomic E-state index is 14.9. The molecule has 0 fully saturated rings. The second-order valence-corrected chi connectivity index (χ2v) is 13.4. The summed E-state index contributed by atoms with van der Waals surface area (Å²) in [6, 6.07) is 26.3. The summed E-state index contributed by atoms with van der Waals surface area (Å²) in [5, 5.41) is 0. The first-order valence-corrected chi connectivity index (χ1v) is 17.2. The minimum absolute atomic E-state index is 0.0223. The van der Waals surface area contributed by atoms with Crippen molar-refractivity contribution in [3.05, 3.63) is 160 Å². The summed E-state index contributed by atoms with van der Waals surface area (Å²) in [6.45, 7) is 5.54. The van der Waals surface area contributed by atoms with Gasteiger partial charge in [-0.1, -0.05) is 78.4 Å². The average molecular weight is 751 g/mol. The number of nitrogens with zero attached hydrogens (tertiary/aromatic N) is 2. The van der Waals surface area contributed by atoms with Crippen molar-refractivity contribution in [2.45, 2.75) is 45.8 Å². The fraction of sp³-hybridized carbons (Fsp3) is 0.220. The van der Waals surface area contributed by atoms with Gasteiger partial charge in [-0.05, 0) is 87.2 Å². The quantitative estimate of drug-likeness (QED) is 0.0522. The third-order valence-corrected chi connectivity index (χ3v) is 9.08. The van der Waals surface area contributed by atoms with Gasteiger partial charge in [0.15, 0.2) is 23.3 Å². The fourth-order valence-corrected chi connectivity index (χ4v) is 6.14. The van der Waals surface area contributed by atoms with Gasteiger partial charge in [-0.2, -0.15) is 0 Å². The van der Waals surface area contributed by atoms with Gasteiger partial charge in [-0.3, -0.25) is 4.79 Å². The van der Waals surface area contributed by atoms with Crippen molar-refractivity contribution in [2.75, 3.05) is 25.0 Å². The molecule has 0 radical (unpaired) electrons. The number of carbonyl (C=O) groups excluding carboxylic acids is 2. The molecule has 0 atom stereocenters. The number of likely N-dealkylation sites (N-methyl/N-ethyl adjacent to an activating group) is 1. The summed E-state index contributed by atoms with van der Waals surface area (Å²) in [4.78, 5) is 29.3. The van der Waals surface area contributed by atoms with Crippen LogP contribution in [0.1, 0.15) is 45.1 Å². The molecule has 4 aromatic rings. The first kappa shape index (κ1) is 40.6. The molecule has 0 N–H and O–H groups in total. The molecule has 53 heavy (non-hydrogen) atoms. The van der Waals surface area contributed by atoms with Crippen molar-refractivity contribution in [1.29, 1.82) is 0 Å². The topological polar surface area (TPSA) is 59.1 Å². The molecule has 278 valence electrons. The zero-order chi connectivity index (χ0) is 38.7. The van der Waals surface area contributed by atoms with Crippen LogP contribution in [-0.2, 0) is 22.7 Å². The predicted molar refractivity (Wildman–Crippen MR) is 198 cm³/mol. The number of anilines is 1. The standard InChI is InChI=1S/C41H39F5N2O4S/c1-26-20-27(2)40(28(3)21-26)53-47(5)23-36(49)48(19-18-34(43)38(45)39(46)37(44)29(4)42)32-16-17-33(41(50)52-25-31-14-10-7-11-15-31)35(22-32)51-24-30-12-8-6-9-13-30/h6-18,20-22H,19,23-25H2,1-5H3/b34-18?,37-29-,39-38-. The lowest BCUT2D eigenvalue weighted by Crippen LogP contribution is -2.37. The molecule has 6 nitrogen and oxygen atoms in total. The van der Waals surface area contributed by atoms with Crippen LogP contribution in [-0.4, -0.2) is 36.3 Å². The van der Waals surface area contributed by atoms with Gasteiger partial charge in [-0.15, -0.1) is 0 Å². The molecule has 0 spiro atoms. The first-order valence-electron chi connectivity index (χ1n) is 16.5. The molecule has 4 rings (SSSR count). The number of rotatable bonds is 15. The third-order valence-electron chi connectivity index (χ3n) is 7.81. The highest BCUT2D eigenvalue weighted by Gasteiger charge is 2.24. The largest absolute Gasteiger partial charge is 0.488 e. The number of amides is 1. The van der Waals surface area contributed by atoms with Crippen molar-refractivity contribution >= 4 is 29.5 Å². The summed E-state index contributed by atoms with van der Waals surface area (Å²) < 4.78 is 83.8. The molecule has 12 heteroatoms. The summed E-state index contributed by atoms with van der Waals surface area (Å²) >= 11 is 1.32. The van der Waals surface area contributed by atoms with Crippen LogP contribution < -0.4 is 9.64 Å². The zero-order valence-corrected chi connectivity index (χ0v) is 30.7. The van der Waals surface area contributed by atoms with Crippen LogP contribution >= 0.6 is 11.9 Å². The molecule has 0 aliphatic carbocycles. The van der Waals surface area contributed by atoms with Crippen LogP contribution in [0.15, 0.2) is 131 Å². The highest BCUT2D eigenvalue weighted by Crippen LogP contribution is 2.32. The monoisotopic (exact) mass is 750 g/mol. The molecule has 4 aromatic carbocycles. The van der Waals surface area contributed by atoms with Crippen molar-refractivity contribution in [3.63, 3.8) is 0 Å². The Hall–Kier alpha value is -5.20. The summed E-state index contributed by atoms with van der Waals surface area (Å²) in [5.74, 6) is -11.6. The van der Waals surface area contributed by atoms with E-state index in [1.807, 2.05) is 69.3 Å². The molecule has 0 saturated heterocycles. The number of ether oxygens (including phenoxy) is 2. The average Bonchev–Trinajstić information content (AvgIpc) is 3.14. The number of benzene rings is 4. The number of aryl methyl sites for hydroxylation is 3. The Balaban J connectivity index is 1.71. The smallest absolute Gasteiger partial charge is 0.342 e. The highest BCUT2D eigenvalue weighted by atomic mass is 32.2. The second-order valence-electron chi connectivity index (χ2n) is 12.2. The summed E-state index contributed by atoms with van der Waals surface area (Å²) in [7, 11) is 1.68. The number of hydrogen-bond acceptors (Lipinski definition) is 6. The van der Waals surface area contributed by atoms with Gasteiger partial charge in [0.2, 0.25) is 5.91 Å². The van der Waals surface area contributed by atoms with Gasteiger partial charge in [0.1, 0.15) is 30.4 Å². The van der Waals surface area contributed by atoms with Crippen LogP contribution in [0.3, 0.4) is 0 Å². The SMILES string of the molecule is C/C(F)=C(F)\C(F)=C(\F)C(F)=CCN(C(=O)CN(C)Sc1c(C)cc(C)cc1C)c1ccc(C(=O)OCc2ccccc2)c(OCc2ccccc2)c1. The van der Waals surface area contributed by atoms with E-state index in [1.54, 1.807) is 35.6 Å². The Bertz CT molecular complexity index is 1990. The van der Waals surface area contributed by atoms with Gasteiger partial charge in [0, 0.05) is 23.2 Å². The van der Waals surface area contributed by atoms with Gasteiger partial charge in [0.05, 0.1) is 6.54 Å². The highest BCUT2D eigenvalue weighted by molar-refractivity contribution is 7.97. The van der Waals surface area contributed by atoms with Gasteiger partial charge in [0.25, 0.3) is 0 Å². The number of carbonyl (C=O) groups is 2. The Morgan fingerprint density at radius 1 is 0.755 bits per heavy atom. The van der Waals surface area contributed by atoms with E-state index in [-0.39, 0.29) is 36.8 Å². The number of esters is 1. The minimum atomic E-state index is -2.36. The van der Waals surface area contributed by atoms with E-state index >= 15 is 0 Å². The van der Waals surface area contributed by atoms with Gasteiger partial charge in [-0.25, -0.2) is 31.1 Å². The third kappa shape index (κ3) is 11.4. The molecule has 1 amide bonds. The lowest BCUT2D eigenvalue weighted by Gasteiger charge is -2.26. The Morgan fingerprint density at radius 2 is 1.34 bits per heavy atom. The first-order chi connectivity index (χ1) is 25.2. The van der Waals surface area contributed by atoms with E-state index in [1.165, 1.54) is 30.1 Å². The number of halogens is 5. The van der Waals surface area contributed by atoms with E-state index in [0.717, 1.165) is 37.6 Å². The number of hydrogen-bond donors (Lipinski definition) is 0. The number of allylic oxidation sites excluding steroid dienone is 5.